The van der Waals surface area contributed by atoms with Gasteiger partial charge >= 0.3 is 0 Å². The van der Waals surface area contributed by atoms with Crippen LogP contribution in [0.2, 0.25) is 0 Å². The Morgan fingerprint density at radius 1 is 1.30 bits per heavy atom. The number of rotatable bonds is 4. The average molecular weight is 293 g/mol. The topological polar surface area (TPSA) is 49.6 Å². The van der Waals surface area contributed by atoms with E-state index in [1.807, 2.05) is 6.07 Å². The molecule has 110 valence electrons. The van der Waals surface area contributed by atoms with Gasteiger partial charge in [-0.2, -0.15) is 0 Å². The molecular formula is C15H23N3OS. The van der Waals surface area contributed by atoms with Crippen molar-refractivity contribution < 1.29 is 4.79 Å². The highest BCUT2D eigenvalue weighted by Gasteiger charge is 2.33. The molecule has 1 aliphatic carbocycles. The molecule has 1 saturated carbocycles. The number of nitrogens with zero attached hydrogens (tertiary/aromatic N) is 2. The zero-order chi connectivity index (χ0) is 14.3. The van der Waals surface area contributed by atoms with Crippen molar-refractivity contribution in [1.29, 1.82) is 0 Å². The number of anilines is 2. The number of carbonyl (C=O) groups is 1. The number of hydrogen-bond donors (Lipinski definition) is 1. The minimum atomic E-state index is 0.253. The SMILES string of the molecule is CN(C)C1CCN(c2cc(N)c(C(=O)C3CC3)s2)CC1. The highest BCUT2D eigenvalue weighted by Crippen LogP contribution is 2.40. The van der Waals surface area contributed by atoms with Crippen LogP contribution in [0.1, 0.15) is 35.4 Å². The molecule has 0 unspecified atom stereocenters. The summed E-state index contributed by atoms with van der Waals surface area (Å²) >= 11 is 1.59. The van der Waals surface area contributed by atoms with Crippen LogP contribution < -0.4 is 10.6 Å². The molecule has 0 spiro atoms. The summed E-state index contributed by atoms with van der Waals surface area (Å²) in [5.41, 5.74) is 6.72. The molecular weight excluding hydrogens is 270 g/mol. The van der Waals surface area contributed by atoms with Gasteiger partial charge in [0.1, 0.15) is 0 Å². The Morgan fingerprint density at radius 3 is 2.50 bits per heavy atom. The van der Waals surface area contributed by atoms with E-state index in [-0.39, 0.29) is 11.7 Å². The van der Waals surface area contributed by atoms with Crippen LogP contribution in [0.3, 0.4) is 0 Å². The van der Waals surface area contributed by atoms with Crippen molar-refractivity contribution in [2.75, 3.05) is 37.8 Å². The van der Waals surface area contributed by atoms with Gasteiger partial charge in [-0.05, 0) is 45.8 Å². The number of piperidine rings is 1. The summed E-state index contributed by atoms with van der Waals surface area (Å²) < 4.78 is 0. The van der Waals surface area contributed by atoms with Crippen LogP contribution in [0.15, 0.2) is 6.07 Å². The molecule has 0 bridgehead atoms. The molecule has 4 nitrogen and oxygen atoms in total. The van der Waals surface area contributed by atoms with Gasteiger partial charge in [-0.15, -0.1) is 11.3 Å². The van der Waals surface area contributed by atoms with Crippen LogP contribution in [-0.4, -0.2) is 43.9 Å². The van der Waals surface area contributed by atoms with E-state index in [0.29, 0.717) is 11.7 Å². The van der Waals surface area contributed by atoms with Gasteiger partial charge in [0.05, 0.1) is 15.6 Å². The summed E-state index contributed by atoms with van der Waals surface area (Å²) in [6.45, 7) is 2.11. The normalized spacial score (nSPS) is 20.6. The Labute approximate surface area is 124 Å². The van der Waals surface area contributed by atoms with Crippen LogP contribution in [0, 0.1) is 5.92 Å². The number of ketones is 1. The number of carbonyl (C=O) groups excluding carboxylic acids is 1. The average Bonchev–Trinajstić information content (AvgIpc) is 3.21. The standard InChI is InChI=1S/C15H23N3OS/c1-17(2)11-5-7-18(8-6-11)13-9-12(16)15(20-13)14(19)10-3-4-10/h9-11H,3-8,16H2,1-2H3. The van der Waals surface area contributed by atoms with E-state index in [4.69, 9.17) is 5.73 Å². The summed E-state index contributed by atoms with van der Waals surface area (Å²) in [6.07, 6.45) is 4.44. The largest absolute Gasteiger partial charge is 0.397 e. The third-order valence-electron chi connectivity index (χ3n) is 4.43. The van der Waals surface area contributed by atoms with Gasteiger partial charge in [0.2, 0.25) is 0 Å². The minimum absolute atomic E-state index is 0.253. The molecule has 1 aliphatic heterocycles. The third-order valence-corrected chi connectivity index (χ3v) is 5.65. The zero-order valence-corrected chi connectivity index (χ0v) is 13.1. The van der Waals surface area contributed by atoms with Crippen molar-refractivity contribution in [2.24, 2.45) is 5.92 Å². The van der Waals surface area contributed by atoms with E-state index >= 15 is 0 Å². The van der Waals surface area contributed by atoms with Crippen LogP contribution in [0.25, 0.3) is 0 Å². The summed E-state index contributed by atoms with van der Waals surface area (Å²) in [4.78, 5) is 17.6. The van der Waals surface area contributed by atoms with E-state index in [9.17, 15) is 4.79 Å². The van der Waals surface area contributed by atoms with Crippen LogP contribution >= 0.6 is 11.3 Å². The number of nitrogens with two attached hydrogens (primary N) is 1. The van der Waals surface area contributed by atoms with E-state index in [0.717, 1.165) is 30.8 Å². The predicted molar refractivity (Wildman–Crippen MR) is 84.7 cm³/mol. The summed E-state index contributed by atoms with van der Waals surface area (Å²) in [6, 6.07) is 2.67. The second kappa shape index (κ2) is 5.37. The Hall–Kier alpha value is -1.07. The summed E-state index contributed by atoms with van der Waals surface area (Å²) in [5, 5.41) is 1.17. The molecule has 0 amide bonds. The monoisotopic (exact) mass is 293 g/mol. The molecule has 2 N–H and O–H groups in total. The fourth-order valence-corrected chi connectivity index (χ4v) is 4.02. The van der Waals surface area contributed by atoms with Crippen molar-refractivity contribution in [1.82, 2.24) is 4.90 Å². The fraction of sp³-hybridized carbons (Fsp3) is 0.667. The second-order valence-electron chi connectivity index (χ2n) is 6.19. The maximum atomic E-state index is 12.2. The molecule has 3 rings (SSSR count). The van der Waals surface area contributed by atoms with Gasteiger partial charge in [-0.25, -0.2) is 0 Å². The van der Waals surface area contributed by atoms with E-state index < -0.39 is 0 Å². The molecule has 1 aromatic heterocycles. The van der Waals surface area contributed by atoms with Crippen LogP contribution in [0.4, 0.5) is 10.7 Å². The highest BCUT2D eigenvalue weighted by atomic mass is 32.1. The minimum Gasteiger partial charge on any atom is -0.397 e. The molecule has 1 aromatic rings. The fourth-order valence-electron chi connectivity index (χ4n) is 2.87. The Balaban J connectivity index is 1.69. The Bertz CT molecular complexity index is 499. The molecule has 2 heterocycles. The Morgan fingerprint density at radius 2 is 1.95 bits per heavy atom. The first kappa shape index (κ1) is 13.9. The van der Waals surface area contributed by atoms with Crippen molar-refractivity contribution in [3.63, 3.8) is 0 Å². The predicted octanol–water partition coefficient (Wildman–Crippen LogP) is 2.45. The van der Waals surface area contributed by atoms with Gasteiger partial charge in [-0.3, -0.25) is 4.79 Å². The third kappa shape index (κ3) is 2.69. The number of nitrogen functional groups attached to an aromatic ring is 1. The van der Waals surface area contributed by atoms with Gasteiger partial charge in [0.15, 0.2) is 5.78 Å². The summed E-state index contributed by atoms with van der Waals surface area (Å²) in [7, 11) is 4.30. The van der Waals surface area contributed by atoms with Gasteiger partial charge in [0.25, 0.3) is 0 Å². The van der Waals surface area contributed by atoms with Crippen molar-refractivity contribution in [3.05, 3.63) is 10.9 Å². The molecule has 0 atom stereocenters. The molecule has 2 aliphatic rings. The zero-order valence-electron chi connectivity index (χ0n) is 12.3. The van der Waals surface area contributed by atoms with E-state index in [2.05, 4.69) is 23.9 Å². The molecule has 2 fully saturated rings. The first-order valence-electron chi connectivity index (χ1n) is 7.41. The maximum absolute atomic E-state index is 12.2. The van der Waals surface area contributed by atoms with Gasteiger partial charge in [0, 0.05) is 25.0 Å². The van der Waals surface area contributed by atoms with Gasteiger partial charge < -0.3 is 15.5 Å². The first-order chi connectivity index (χ1) is 9.56. The van der Waals surface area contributed by atoms with Crippen molar-refractivity contribution >= 4 is 27.8 Å². The highest BCUT2D eigenvalue weighted by molar-refractivity contribution is 7.18. The lowest BCUT2D eigenvalue weighted by atomic mass is 10.0. The lowest BCUT2D eigenvalue weighted by Gasteiger charge is -2.35. The van der Waals surface area contributed by atoms with Crippen LogP contribution in [0.5, 0.6) is 0 Å². The molecule has 0 aromatic carbocycles. The van der Waals surface area contributed by atoms with Gasteiger partial charge in [-0.1, -0.05) is 0 Å². The molecule has 0 radical (unpaired) electrons. The quantitative estimate of drug-likeness (QED) is 0.866. The first-order valence-corrected chi connectivity index (χ1v) is 8.23. The lowest BCUT2D eigenvalue weighted by Crippen LogP contribution is -2.41. The summed E-state index contributed by atoms with van der Waals surface area (Å²) in [5.74, 6) is 0.519. The lowest BCUT2D eigenvalue weighted by molar-refractivity contribution is 0.0972. The van der Waals surface area contributed by atoms with E-state index in [1.54, 1.807) is 11.3 Å². The number of Topliss-reactive ketones (excluding diaryl/α,β-unsaturated/α-hetero) is 1. The Kier molecular flexibility index (Phi) is 3.73. The maximum Gasteiger partial charge on any atom is 0.178 e. The van der Waals surface area contributed by atoms with Crippen molar-refractivity contribution in [3.8, 4) is 0 Å². The molecule has 5 heteroatoms. The van der Waals surface area contributed by atoms with E-state index in [1.165, 1.54) is 17.8 Å². The molecule has 1 saturated heterocycles. The number of thiophene rings is 1. The molecule has 20 heavy (non-hydrogen) atoms. The number of hydrogen-bond acceptors (Lipinski definition) is 5. The van der Waals surface area contributed by atoms with Crippen LogP contribution in [-0.2, 0) is 0 Å². The second-order valence-corrected chi connectivity index (χ2v) is 7.22. The van der Waals surface area contributed by atoms with Crippen molar-refractivity contribution in [2.45, 2.75) is 31.7 Å². The smallest absolute Gasteiger partial charge is 0.178 e.